The zero-order valence-corrected chi connectivity index (χ0v) is 16.0. The van der Waals surface area contributed by atoms with Gasteiger partial charge in [0.25, 0.3) is 11.8 Å². The van der Waals surface area contributed by atoms with E-state index in [2.05, 4.69) is 9.97 Å². The van der Waals surface area contributed by atoms with Gasteiger partial charge in [0.1, 0.15) is 5.41 Å². The van der Waals surface area contributed by atoms with Crippen LogP contribution in [0.3, 0.4) is 0 Å². The normalized spacial score (nSPS) is 15.0. The van der Waals surface area contributed by atoms with Crippen molar-refractivity contribution in [2.75, 3.05) is 4.90 Å². The zero-order chi connectivity index (χ0) is 20.6. The molecular weight excluding hydrogens is 374 g/mol. The molecule has 0 unspecified atom stereocenters. The van der Waals surface area contributed by atoms with Gasteiger partial charge in [-0.25, -0.2) is 4.90 Å². The number of benzene rings is 2. The highest BCUT2D eigenvalue weighted by Crippen LogP contribution is 2.46. The lowest BCUT2D eigenvalue weighted by Gasteiger charge is -2.42. The lowest BCUT2D eigenvalue weighted by atomic mass is 9.65. The summed E-state index contributed by atoms with van der Waals surface area (Å²) in [6.45, 7) is 0. The summed E-state index contributed by atoms with van der Waals surface area (Å²) in [5, 5.41) is 0. The lowest BCUT2D eigenvalue weighted by molar-refractivity contribution is -0.121. The van der Waals surface area contributed by atoms with Crippen molar-refractivity contribution in [3.8, 4) is 0 Å². The predicted octanol–water partition coefficient (Wildman–Crippen LogP) is 4.00. The summed E-state index contributed by atoms with van der Waals surface area (Å²) in [7, 11) is 0. The van der Waals surface area contributed by atoms with Crippen LogP contribution in [0.15, 0.2) is 104 Å². The van der Waals surface area contributed by atoms with Crippen LogP contribution in [0.25, 0.3) is 0 Å². The number of fused-ring (bicyclic) bond motifs is 1. The van der Waals surface area contributed by atoms with Crippen molar-refractivity contribution in [3.63, 3.8) is 0 Å². The Morgan fingerprint density at radius 1 is 0.633 bits per heavy atom. The van der Waals surface area contributed by atoms with Crippen LogP contribution < -0.4 is 4.90 Å². The molecule has 5 rings (SSSR count). The van der Waals surface area contributed by atoms with Gasteiger partial charge in [-0.05, 0) is 59.2 Å². The predicted molar refractivity (Wildman–Crippen MR) is 113 cm³/mol. The second-order valence-corrected chi connectivity index (χ2v) is 7.05. The minimum absolute atomic E-state index is 0.324. The van der Waals surface area contributed by atoms with Gasteiger partial charge in [0, 0.05) is 30.4 Å². The zero-order valence-electron chi connectivity index (χ0n) is 16.0. The van der Waals surface area contributed by atoms with E-state index in [1.807, 2.05) is 60.7 Å². The molecule has 0 N–H and O–H groups in total. The Balaban J connectivity index is 1.90. The smallest absolute Gasteiger partial charge is 0.265 e. The van der Waals surface area contributed by atoms with Crippen molar-refractivity contribution < 1.29 is 9.59 Å². The maximum Gasteiger partial charge on any atom is 0.265 e. The van der Waals surface area contributed by atoms with E-state index < -0.39 is 5.41 Å². The molecule has 30 heavy (non-hydrogen) atoms. The number of hydrogen-bond donors (Lipinski definition) is 0. The van der Waals surface area contributed by atoms with Crippen molar-refractivity contribution >= 4 is 17.5 Å². The second kappa shape index (κ2) is 7.04. The van der Waals surface area contributed by atoms with Crippen LogP contribution in [0.5, 0.6) is 0 Å². The number of carbonyl (C=O) groups is 2. The van der Waals surface area contributed by atoms with E-state index in [0.717, 1.165) is 11.1 Å². The highest BCUT2D eigenvalue weighted by Gasteiger charge is 2.53. The fourth-order valence-corrected chi connectivity index (χ4v) is 4.23. The molecule has 1 aliphatic rings. The fraction of sp³-hybridized carbons (Fsp3) is 0.0400. The molecule has 0 spiro atoms. The van der Waals surface area contributed by atoms with Crippen molar-refractivity contribution in [1.29, 1.82) is 0 Å². The second-order valence-electron chi connectivity index (χ2n) is 7.05. The van der Waals surface area contributed by atoms with E-state index in [1.54, 1.807) is 43.0 Å². The largest absolute Gasteiger partial charge is 0.272 e. The number of para-hydroxylation sites is 1. The number of aromatic nitrogens is 2. The summed E-state index contributed by atoms with van der Waals surface area (Å²) in [5.74, 6) is -0.657. The molecule has 0 bridgehead atoms. The fourth-order valence-electron chi connectivity index (χ4n) is 4.23. The van der Waals surface area contributed by atoms with Crippen molar-refractivity contribution in [3.05, 3.63) is 126 Å². The number of nitrogens with zero attached hydrogens (tertiary/aromatic N) is 3. The van der Waals surface area contributed by atoms with Gasteiger partial charge in [0.15, 0.2) is 0 Å². The number of hydrogen-bond acceptors (Lipinski definition) is 4. The van der Waals surface area contributed by atoms with Gasteiger partial charge in [-0.3, -0.25) is 19.6 Å². The maximum absolute atomic E-state index is 14.3. The van der Waals surface area contributed by atoms with E-state index in [-0.39, 0.29) is 11.8 Å². The Morgan fingerprint density at radius 3 is 1.77 bits per heavy atom. The quantitative estimate of drug-likeness (QED) is 0.495. The number of carbonyl (C=O) groups excluding carboxylic acids is 2. The van der Waals surface area contributed by atoms with E-state index in [0.29, 0.717) is 16.8 Å². The Labute approximate surface area is 173 Å². The van der Waals surface area contributed by atoms with Crippen molar-refractivity contribution in [2.24, 2.45) is 0 Å². The maximum atomic E-state index is 14.3. The molecule has 0 aliphatic carbocycles. The van der Waals surface area contributed by atoms with Gasteiger partial charge in [-0.1, -0.05) is 36.4 Å². The molecule has 0 fully saturated rings. The molecule has 2 amide bonds. The molecule has 0 atom stereocenters. The molecular formula is C25H17N3O2. The van der Waals surface area contributed by atoms with Crippen LogP contribution in [-0.2, 0) is 10.2 Å². The van der Waals surface area contributed by atoms with Gasteiger partial charge in [0.05, 0.1) is 5.69 Å². The number of pyridine rings is 2. The summed E-state index contributed by atoms with van der Waals surface area (Å²) in [5.41, 5.74) is 1.98. The highest BCUT2D eigenvalue weighted by molar-refractivity contribution is 6.29. The van der Waals surface area contributed by atoms with Crippen molar-refractivity contribution in [2.45, 2.75) is 5.41 Å². The SMILES string of the molecule is O=C1c2ccccc2C(c2ccncc2)(c2ccncc2)C(=O)N1c1ccccc1. The lowest BCUT2D eigenvalue weighted by Crippen LogP contribution is -2.56. The summed E-state index contributed by atoms with van der Waals surface area (Å²) in [6, 6.07) is 23.6. The van der Waals surface area contributed by atoms with Crippen LogP contribution in [0.4, 0.5) is 5.69 Å². The summed E-state index contributed by atoms with van der Waals surface area (Å²) in [6.07, 6.45) is 6.66. The average molecular weight is 391 g/mol. The summed E-state index contributed by atoms with van der Waals surface area (Å²) >= 11 is 0. The Bertz CT molecular complexity index is 1190. The van der Waals surface area contributed by atoms with Crippen LogP contribution in [0, 0.1) is 0 Å². The number of anilines is 1. The molecule has 0 saturated carbocycles. The molecule has 2 aromatic heterocycles. The van der Waals surface area contributed by atoms with E-state index in [9.17, 15) is 9.59 Å². The number of rotatable bonds is 3. The van der Waals surface area contributed by atoms with Crippen molar-refractivity contribution in [1.82, 2.24) is 9.97 Å². The Hall–Kier alpha value is -4.12. The minimum atomic E-state index is -1.20. The first kappa shape index (κ1) is 17.9. The van der Waals surface area contributed by atoms with Gasteiger partial charge < -0.3 is 0 Å². The third-order valence-corrected chi connectivity index (χ3v) is 5.53. The van der Waals surface area contributed by atoms with Gasteiger partial charge in [-0.15, -0.1) is 0 Å². The molecule has 5 heteroatoms. The van der Waals surface area contributed by atoms with Crippen LogP contribution in [0.2, 0.25) is 0 Å². The summed E-state index contributed by atoms with van der Waals surface area (Å²) < 4.78 is 0. The monoisotopic (exact) mass is 391 g/mol. The first-order valence-electron chi connectivity index (χ1n) is 9.59. The first-order valence-corrected chi connectivity index (χ1v) is 9.59. The van der Waals surface area contributed by atoms with Crippen LogP contribution in [0.1, 0.15) is 27.0 Å². The molecule has 144 valence electrons. The van der Waals surface area contributed by atoms with Crippen LogP contribution in [-0.4, -0.2) is 21.8 Å². The van der Waals surface area contributed by atoms with Crippen LogP contribution >= 0.6 is 0 Å². The summed E-state index contributed by atoms with van der Waals surface area (Å²) in [4.78, 5) is 37.3. The van der Waals surface area contributed by atoms with Gasteiger partial charge in [-0.2, -0.15) is 0 Å². The van der Waals surface area contributed by atoms with E-state index >= 15 is 0 Å². The Kier molecular flexibility index (Phi) is 4.21. The minimum Gasteiger partial charge on any atom is -0.272 e. The molecule has 0 saturated heterocycles. The Morgan fingerprint density at radius 2 is 1.17 bits per heavy atom. The molecule has 4 aromatic rings. The highest BCUT2D eigenvalue weighted by atomic mass is 16.2. The third kappa shape index (κ3) is 2.49. The average Bonchev–Trinajstić information content (AvgIpc) is 2.82. The van der Waals surface area contributed by atoms with E-state index in [4.69, 9.17) is 0 Å². The molecule has 5 nitrogen and oxygen atoms in total. The van der Waals surface area contributed by atoms with Gasteiger partial charge >= 0.3 is 0 Å². The van der Waals surface area contributed by atoms with E-state index in [1.165, 1.54) is 4.90 Å². The first-order chi connectivity index (χ1) is 14.7. The number of imide groups is 1. The number of amides is 2. The topological polar surface area (TPSA) is 63.2 Å². The molecule has 0 radical (unpaired) electrons. The molecule has 3 heterocycles. The molecule has 1 aliphatic heterocycles. The third-order valence-electron chi connectivity index (χ3n) is 5.53. The van der Waals surface area contributed by atoms with Gasteiger partial charge in [0.2, 0.25) is 0 Å². The molecule has 2 aromatic carbocycles. The standard InChI is InChI=1S/C25H17N3O2/c29-23-21-8-4-5-9-22(21)25(18-10-14-26-15-11-18,19-12-16-27-17-13-19)24(30)28(23)20-6-2-1-3-7-20/h1-17H.